The monoisotopic (exact) mass is 426 g/mol. The molecule has 3 N–H and O–H groups in total. The van der Waals surface area contributed by atoms with Crippen LogP contribution < -0.4 is 25.4 Å². The van der Waals surface area contributed by atoms with Crippen molar-refractivity contribution >= 4 is 23.2 Å². The number of nitrogens with zero attached hydrogens (tertiary/aromatic N) is 3. The van der Waals surface area contributed by atoms with E-state index in [4.69, 9.17) is 9.47 Å². The molecule has 0 saturated carbocycles. The summed E-state index contributed by atoms with van der Waals surface area (Å²) >= 11 is 0. The van der Waals surface area contributed by atoms with E-state index in [0.29, 0.717) is 37.5 Å². The van der Waals surface area contributed by atoms with E-state index in [9.17, 15) is 4.79 Å². The van der Waals surface area contributed by atoms with Gasteiger partial charge in [0.05, 0.1) is 13.7 Å². The van der Waals surface area contributed by atoms with Crippen LogP contribution in [0.25, 0.3) is 0 Å². The molecule has 2 aromatic rings. The summed E-state index contributed by atoms with van der Waals surface area (Å²) in [4.78, 5) is 23.3. The number of anilines is 3. The Morgan fingerprint density at radius 3 is 2.94 bits per heavy atom. The van der Waals surface area contributed by atoms with E-state index in [2.05, 4.69) is 37.9 Å². The van der Waals surface area contributed by atoms with E-state index in [1.54, 1.807) is 13.4 Å². The lowest BCUT2D eigenvalue weighted by molar-refractivity contribution is -0.121. The average Bonchev–Trinajstić information content (AvgIpc) is 3.17. The lowest BCUT2D eigenvalue weighted by Gasteiger charge is -2.22. The summed E-state index contributed by atoms with van der Waals surface area (Å²) in [6, 6.07) is 5.71. The number of ether oxygens (including phenoxy) is 2. The van der Waals surface area contributed by atoms with Crippen LogP contribution in [0.4, 0.5) is 17.3 Å². The Balaban J connectivity index is 1.62. The first-order valence-electron chi connectivity index (χ1n) is 10.8. The number of fused-ring (bicyclic) bond motifs is 2. The molecule has 9 nitrogen and oxygen atoms in total. The molecule has 1 aromatic carbocycles. The average molecular weight is 427 g/mol. The minimum atomic E-state index is 0.0606. The molecule has 0 fully saturated rings. The second-order valence-electron chi connectivity index (χ2n) is 7.97. The van der Waals surface area contributed by atoms with Crippen LogP contribution >= 0.6 is 0 Å². The van der Waals surface area contributed by atoms with Gasteiger partial charge in [-0.1, -0.05) is 0 Å². The second kappa shape index (κ2) is 9.82. The van der Waals surface area contributed by atoms with Crippen LogP contribution in [0.1, 0.15) is 30.7 Å². The molecule has 4 rings (SSSR count). The fourth-order valence-electron chi connectivity index (χ4n) is 4.05. The lowest BCUT2D eigenvalue weighted by atomic mass is 10.0. The number of likely N-dealkylation sites (N-methyl/N-ethyl adjacent to an activating group) is 1. The molecule has 1 atom stereocenters. The molecule has 31 heavy (non-hydrogen) atoms. The van der Waals surface area contributed by atoms with Gasteiger partial charge in [0.25, 0.3) is 0 Å². The molecule has 0 radical (unpaired) electrons. The van der Waals surface area contributed by atoms with Crippen molar-refractivity contribution in [3.8, 4) is 11.5 Å². The van der Waals surface area contributed by atoms with Gasteiger partial charge in [-0.15, -0.1) is 0 Å². The molecule has 2 aliphatic rings. The summed E-state index contributed by atoms with van der Waals surface area (Å²) in [5.74, 6) is 3.30. The number of nitrogens with one attached hydrogen (secondary N) is 3. The highest BCUT2D eigenvalue weighted by Gasteiger charge is 2.28. The fourth-order valence-corrected chi connectivity index (χ4v) is 4.05. The molecule has 3 heterocycles. The number of aromatic nitrogens is 2. The standard InChI is InChI=1S/C22H30N6O3/c1-28-9-4-8-23-19(29)5-3-10-31-18-11-16(6-7-17(18)30-2)27-22-20-15(13-28)12-24-21(20)25-14-26-22/h6-7,11,14-15H,3-5,8-10,12-13H2,1-2H3,(H,23,29)(H2,24,25,26,27). The van der Waals surface area contributed by atoms with E-state index in [-0.39, 0.29) is 11.8 Å². The molecule has 0 saturated heterocycles. The number of carbonyl (C=O) groups is 1. The molecule has 1 amide bonds. The Bertz CT molecular complexity index is 922. The Morgan fingerprint density at radius 2 is 2.06 bits per heavy atom. The zero-order valence-corrected chi connectivity index (χ0v) is 18.1. The predicted molar refractivity (Wildman–Crippen MR) is 119 cm³/mol. The third-order valence-corrected chi connectivity index (χ3v) is 5.61. The van der Waals surface area contributed by atoms with Crippen LogP contribution in [0.15, 0.2) is 24.5 Å². The van der Waals surface area contributed by atoms with Gasteiger partial charge >= 0.3 is 0 Å². The summed E-state index contributed by atoms with van der Waals surface area (Å²) in [6.45, 7) is 3.72. The van der Waals surface area contributed by atoms with Gasteiger partial charge in [-0.2, -0.15) is 0 Å². The van der Waals surface area contributed by atoms with Gasteiger partial charge in [0.1, 0.15) is 18.0 Å². The van der Waals surface area contributed by atoms with Crippen molar-refractivity contribution in [1.29, 1.82) is 0 Å². The molecular weight excluding hydrogens is 396 g/mol. The van der Waals surface area contributed by atoms with Crippen molar-refractivity contribution in [2.45, 2.75) is 25.2 Å². The number of benzene rings is 1. The van der Waals surface area contributed by atoms with Gasteiger partial charge in [-0.05, 0) is 38.6 Å². The Hall–Kier alpha value is -3.07. The first-order valence-corrected chi connectivity index (χ1v) is 10.8. The lowest BCUT2D eigenvalue weighted by Crippen LogP contribution is -2.31. The number of hydrogen-bond acceptors (Lipinski definition) is 8. The van der Waals surface area contributed by atoms with Crippen molar-refractivity contribution in [3.05, 3.63) is 30.1 Å². The molecule has 0 aliphatic carbocycles. The fraction of sp³-hybridized carbons (Fsp3) is 0.500. The zero-order valence-electron chi connectivity index (χ0n) is 18.1. The summed E-state index contributed by atoms with van der Waals surface area (Å²) in [5, 5.41) is 9.84. The summed E-state index contributed by atoms with van der Waals surface area (Å²) in [6.07, 6.45) is 3.57. The summed E-state index contributed by atoms with van der Waals surface area (Å²) < 4.78 is 11.4. The number of carbonyl (C=O) groups excluding carboxylic acids is 1. The minimum Gasteiger partial charge on any atom is -0.493 e. The van der Waals surface area contributed by atoms with Gasteiger partial charge in [-0.25, -0.2) is 9.97 Å². The van der Waals surface area contributed by atoms with Gasteiger partial charge < -0.3 is 30.3 Å². The number of hydrogen-bond donors (Lipinski definition) is 3. The molecule has 2 bridgehead atoms. The van der Waals surface area contributed by atoms with Gasteiger partial charge in [-0.3, -0.25) is 4.79 Å². The third-order valence-electron chi connectivity index (χ3n) is 5.61. The van der Waals surface area contributed by atoms with E-state index in [1.807, 2.05) is 18.2 Å². The Labute approximate surface area is 182 Å². The largest absolute Gasteiger partial charge is 0.493 e. The normalized spacial score (nSPS) is 20.2. The van der Waals surface area contributed by atoms with Gasteiger partial charge in [0, 0.05) is 49.3 Å². The molecule has 9 heteroatoms. The van der Waals surface area contributed by atoms with Crippen LogP contribution in [-0.2, 0) is 4.79 Å². The topological polar surface area (TPSA) is 101 Å². The van der Waals surface area contributed by atoms with Gasteiger partial charge in [0.15, 0.2) is 11.5 Å². The first kappa shape index (κ1) is 21.2. The third kappa shape index (κ3) is 5.16. The molecule has 0 spiro atoms. The van der Waals surface area contributed by atoms with Gasteiger partial charge in [0.2, 0.25) is 5.91 Å². The molecule has 166 valence electrons. The van der Waals surface area contributed by atoms with E-state index in [0.717, 1.165) is 48.9 Å². The predicted octanol–water partition coefficient (Wildman–Crippen LogP) is 2.35. The van der Waals surface area contributed by atoms with Crippen LogP contribution in [0, 0.1) is 0 Å². The quantitative estimate of drug-likeness (QED) is 0.639. The van der Waals surface area contributed by atoms with E-state index in [1.165, 1.54) is 0 Å². The summed E-state index contributed by atoms with van der Waals surface area (Å²) in [7, 11) is 3.73. The highest BCUT2D eigenvalue weighted by molar-refractivity contribution is 5.75. The highest BCUT2D eigenvalue weighted by Crippen LogP contribution is 2.37. The first-order chi connectivity index (χ1) is 15.1. The van der Waals surface area contributed by atoms with Crippen molar-refractivity contribution in [1.82, 2.24) is 20.2 Å². The Morgan fingerprint density at radius 1 is 1.19 bits per heavy atom. The van der Waals surface area contributed by atoms with Crippen molar-refractivity contribution in [3.63, 3.8) is 0 Å². The van der Waals surface area contributed by atoms with E-state index < -0.39 is 0 Å². The molecule has 2 aliphatic heterocycles. The molecular formula is C22H30N6O3. The second-order valence-corrected chi connectivity index (χ2v) is 7.97. The zero-order chi connectivity index (χ0) is 21.6. The van der Waals surface area contributed by atoms with Crippen LogP contribution in [0.3, 0.4) is 0 Å². The van der Waals surface area contributed by atoms with Crippen molar-refractivity contribution in [2.24, 2.45) is 0 Å². The van der Waals surface area contributed by atoms with Crippen LogP contribution in [0.2, 0.25) is 0 Å². The maximum atomic E-state index is 12.1. The van der Waals surface area contributed by atoms with E-state index >= 15 is 0 Å². The smallest absolute Gasteiger partial charge is 0.220 e. The highest BCUT2D eigenvalue weighted by atomic mass is 16.5. The number of amides is 1. The molecule has 1 aromatic heterocycles. The summed E-state index contributed by atoms with van der Waals surface area (Å²) in [5.41, 5.74) is 1.96. The SMILES string of the molecule is COc1ccc2cc1OCCCC(=O)NCCCN(C)CC1CNc3ncnc(c31)N2. The minimum absolute atomic E-state index is 0.0606. The maximum Gasteiger partial charge on any atom is 0.220 e. The molecule has 1 unspecified atom stereocenters. The maximum absolute atomic E-state index is 12.1. The van der Waals surface area contributed by atoms with Crippen molar-refractivity contribution in [2.75, 3.05) is 57.6 Å². The van der Waals surface area contributed by atoms with Crippen molar-refractivity contribution < 1.29 is 14.3 Å². The Kier molecular flexibility index (Phi) is 6.71. The number of rotatable bonds is 1. The number of methoxy groups -OCH3 is 1. The van der Waals surface area contributed by atoms with Crippen LogP contribution in [0.5, 0.6) is 11.5 Å². The van der Waals surface area contributed by atoms with Crippen LogP contribution in [-0.4, -0.2) is 67.7 Å².